The molecule has 0 aromatic heterocycles. The average Bonchev–Trinajstić information content (AvgIpc) is 2.88. The van der Waals surface area contributed by atoms with E-state index in [4.69, 9.17) is 21.0 Å². The summed E-state index contributed by atoms with van der Waals surface area (Å²) in [6, 6.07) is 38.1. The standard InChI is InChI=1S/2C14H8N2/c2*15-9-12-7-4-8-13(14(12)10-16)11-5-2-1-3-6-11/h2*1-8H. The van der Waals surface area contributed by atoms with Crippen LogP contribution in [-0.2, 0) is 0 Å². The molecule has 0 saturated carbocycles. The molecule has 0 aliphatic carbocycles. The summed E-state index contributed by atoms with van der Waals surface area (Å²) < 4.78 is 0. The molecule has 0 saturated heterocycles. The Balaban J connectivity index is 0.000000181. The van der Waals surface area contributed by atoms with Gasteiger partial charge >= 0.3 is 0 Å². The molecule has 4 aromatic rings. The first kappa shape index (κ1) is 21.5. The zero-order valence-corrected chi connectivity index (χ0v) is 17.0. The SMILES string of the molecule is N#Cc1cccc(-c2ccccc2)c1C#N.N#Cc1cccc(-c2ccccc2)c1C#N. The minimum Gasteiger partial charge on any atom is -0.192 e. The van der Waals surface area contributed by atoms with E-state index < -0.39 is 0 Å². The lowest BCUT2D eigenvalue weighted by Gasteiger charge is -2.04. The summed E-state index contributed by atoms with van der Waals surface area (Å²) in [5.74, 6) is 0. The number of nitriles is 4. The topological polar surface area (TPSA) is 95.2 Å². The van der Waals surface area contributed by atoms with Gasteiger partial charge in [-0.2, -0.15) is 21.0 Å². The largest absolute Gasteiger partial charge is 0.192 e. The minimum atomic E-state index is 0.420. The maximum atomic E-state index is 9.09. The van der Waals surface area contributed by atoms with Crippen molar-refractivity contribution in [2.24, 2.45) is 0 Å². The highest BCUT2D eigenvalue weighted by atomic mass is 14.3. The van der Waals surface area contributed by atoms with E-state index in [0.717, 1.165) is 22.3 Å². The molecule has 148 valence electrons. The van der Waals surface area contributed by atoms with E-state index in [9.17, 15) is 0 Å². The number of nitrogens with zero attached hydrogens (tertiary/aromatic N) is 4. The van der Waals surface area contributed by atoms with Crippen LogP contribution in [0.1, 0.15) is 22.3 Å². The molecule has 0 unspecified atom stereocenters. The van der Waals surface area contributed by atoms with E-state index in [1.165, 1.54) is 0 Å². The van der Waals surface area contributed by atoms with Gasteiger partial charge in [0.25, 0.3) is 0 Å². The Hall–Kier alpha value is -5.16. The van der Waals surface area contributed by atoms with E-state index >= 15 is 0 Å². The van der Waals surface area contributed by atoms with Crippen molar-refractivity contribution in [3.63, 3.8) is 0 Å². The maximum absolute atomic E-state index is 9.09. The van der Waals surface area contributed by atoms with Crippen LogP contribution in [0.15, 0.2) is 97.1 Å². The van der Waals surface area contributed by atoms with Gasteiger partial charge in [0.05, 0.1) is 22.3 Å². The van der Waals surface area contributed by atoms with Crippen LogP contribution in [0.4, 0.5) is 0 Å². The lowest BCUT2D eigenvalue weighted by Crippen LogP contribution is -1.88. The van der Waals surface area contributed by atoms with Gasteiger partial charge in [-0.05, 0) is 23.3 Å². The number of hydrogen-bond donors (Lipinski definition) is 0. The predicted octanol–water partition coefficient (Wildman–Crippen LogP) is 6.19. The summed E-state index contributed by atoms with van der Waals surface area (Å²) >= 11 is 0. The van der Waals surface area contributed by atoms with Crippen molar-refractivity contribution < 1.29 is 0 Å². The van der Waals surface area contributed by atoms with Gasteiger partial charge in [0, 0.05) is 11.1 Å². The van der Waals surface area contributed by atoms with Crippen LogP contribution in [0, 0.1) is 45.3 Å². The van der Waals surface area contributed by atoms with E-state index in [1.54, 1.807) is 24.3 Å². The molecule has 0 aliphatic heterocycles. The van der Waals surface area contributed by atoms with E-state index in [-0.39, 0.29) is 0 Å². The normalized spacial score (nSPS) is 9.12. The van der Waals surface area contributed by atoms with Gasteiger partial charge in [-0.15, -0.1) is 0 Å². The predicted molar refractivity (Wildman–Crippen MR) is 123 cm³/mol. The first-order valence-corrected chi connectivity index (χ1v) is 9.70. The van der Waals surface area contributed by atoms with Gasteiger partial charge in [0.2, 0.25) is 0 Å². The molecule has 0 atom stereocenters. The van der Waals surface area contributed by atoms with Crippen LogP contribution in [-0.4, -0.2) is 0 Å². The summed E-state index contributed by atoms with van der Waals surface area (Å²) in [4.78, 5) is 0. The molecule has 0 bridgehead atoms. The quantitative estimate of drug-likeness (QED) is 0.395. The summed E-state index contributed by atoms with van der Waals surface area (Å²) in [7, 11) is 0. The van der Waals surface area contributed by atoms with E-state index in [0.29, 0.717) is 22.3 Å². The van der Waals surface area contributed by atoms with Crippen molar-refractivity contribution in [3.8, 4) is 46.5 Å². The molecular weight excluding hydrogens is 392 g/mol. The van der Waals surface area contributed by atoms with E-state index in [2.05, 4.69) is 12.1 Å². The van der Waals surface area contributed by atoms with Crippen molar-refractivity contribution in [2.45, 2.75) is 0 Å². The van der Waals surface area contributed by atoms with Gasteiger partial charge in [0.1, 0.15) is 24.3 Å². The molecule has 4 aromatic carbocycles. The third-order valence-corrected chi connectivity index (χ3v) is 4.76. The highest BCUT2D eigenvalue weighted by Crippen LogP contribution is 2.26. The molecule has 0 spiro atoms. The Bertz CT molecular complexity index is 1280. The number of benzene rings is 4. The van der Waals surface area contributed by atoms with E-state index in [1.807, 2.05) is 84.9 Å². The van der Waals surface area contributed by atoms with Crippen molar-refractivity contribution in [2.75, 3.05) is 0 Å². The molecule has 0 heterocycles. The zero-order chi connectivity index (χ0) is 22.8. The van der Waals surface area contributed by atoms with Crippen LogP contribution in [0.2, 0.25) is 0 Å². The fraction of sp³-hybridized carbons (Fsp3) is 0. The van der Waals surface area contributed by atoms with Gasteiger partial charge in [-0.25, -0.2) is 0 Å². The first-order chi connectivity index (χ1) is 15.7. The molecule has 0 N–H and O–H groups in total. The van der Waals surface area contributed by atoms with Gasteiger partial charge < -0.3 is 0 Å². The molecule has 0 fully saturated rings. The Kier molecular flexibility index (Phi) is 7.12. The number of rotatable bonds is 2. The zero-order valence-electron chi connectivity index (χ0n) is 17.0. The highest BCUT2D eigenvalue weighted by molar-refractivity contribution is 5.74. The Morgan fingerprint density at radius 1 is 0.375 bits per heavy atom. The Morgan fingerprint density at radius 3 is 1.06 bits per heavy atom. The van der Waals surface area contributed by atoms with Gasteiger partial charge in [-0.3, -0.25) is 0 Å². The van der Waals surface area contributed by atoms with Gasteiger partial charge in [0.15, 0.2) is 0 Å². The molecule has 4 rings (SSSR count). The lowest BCUT2D eigenvalue weighted by molar-refractivity contribution is 1.43. The summed E-state index contributed by atoms with van der Waals surface area (Å²) in [5.41, 5.74) is 5.25. The number of hydrogen-bond acceptors (Lipinski definition) is 4. The van der Waals surface area contributed by atoms with Crippen LogP contribution in [0.3, 0.4) is 0 Å². The molecule has 4 heteroatoms. The van der Waals surface area contributed by atoms with Crippen molar-refractivity contribution in [1.82, 2.24) is 0 Å². The van der Waals surface area contributed by atoms with Crippen molar-refractivity contribution in [1.29, 1.82) is 21.0 Å². The summed E-state index contributed by atoms with van der Waals surface area (Å²) in [6.45, 7) is 0. The third-order valence-electron chi connectivity index (χ3n) is 4.76. The Morgan fingerprint density at radius 2 is 0.750 bits per heavy atom. The summed E-state index contributed by atoms with van der Waals surface area (Å²) in [5, 5.41) is 36.0. The van der Waals surface area contributed by atoms with Crippen LogP contribution < -0.4 is 0 Å². The molecule has 0 amide bonds. The minimum absolute atomic E-state index is 0.420. The second kappa shape index (κ2) is 10.6. The summed E-state index contributed by atoms with van der Waals surface area (Å²) in [6.07, 6.45) is 0. The molecule has 32 heavy (non-hydrogen) atoms. The fourth-order valence-electron chi connectivity index (χ4n) is 3.25. The molecule has 0 aliphatic rings. The van der Waals surface area contributed by atoms with Gasteiger partial charge in [-0.1, -0.05) is 84.9 Å². The molecular formula is C28H16N4. The second-order valence-corrected chi connectivity index (χ2v) is 6.64. The van der Waals surface area contributed by atoms with Crippen molar-refractivity contribution in [3.05, 3.63) is 119 Å². The average molecular weight is 408 g/mol. The fourth-order valence-corrected chi connectivity index (χ4v) is 3.25. The first-order valence-electron chi connectivity index (χ1n) is 9.70. The second-order valence-electron chi connectivity index (χ2n) is 6.64. The lowest BCUT2D eigenvalue weighted by atomic mass is 9.97. The Labute approximate surface area is 187 Å². The third kappa shape index (κ3) is 4.69. The molecule has 4 nitrogen and oxygen atoms in total. The molecule has 0 radical (unpaired) electrons. The van der Waals surface area contributed by atoms with Crippen LogP contribution in [0.5, 0.6) is 0 Å². The highest BCUT2D eigenvalue weighted by Gasteiger charge is 2.09. The maximum Gasteiger partial charge on any atom is 0.101 e. The smallest absolute Gasteiger partial charge is 0.101 e. The van der Waals surface area contributed by atoms with Crippen LogP contribution >= 0.6 is 0 Å². The monoisotopic (exact) mass is 408 g/mol. The van der Waals surface area contributed by atoms with Crippen molar-refractivity contribution >= 4 is 0 Å². The van der Waals surface area contributed by atoms with Crippen LogP contribution in [0.25, 0.3) is 22.3 Å².